The number of hydrogen-bond donors (Lipinski definition) is 1. The minimum atomic E-state index is 0.431. The molecule has 2 N–H and O–H groups in total. The zero-order valence-corrected chi connectivity index (χ0v) is 9.61. The van der Waals surface area contributed by atoms with E-state index in [-0.39, 0.29) is 0 Å². The van der Waals surface area contributed by atoms with E-state index in [9.17, 15) is 0 Å². The number of aromatic nitrogens is 2. The van der Waals surface area contributed by atoms with Crippen LogP contribution >= 0.6 is 15.9 Å². The van der Waals surface area contributed by atoms with Crippen LogP contribution in [0.3, 0.4) is 0 Å². The fourth-order valence-electron chi connectivity index (χ4n) is 1.28. The summed E-state index contributed by atoms with van der Waals surface area (Å²) >= 11 is 3.47. The molecular weight excluding hydrogens is 254 g/mol. The number of benzene rings is 1. The van der Waals surface area contributed by atoms with E-state index in [1.165, 1.54) is 0 Å². The molecule has 0 unspecified atom stereocenters. The molecule has 0 spiro atoms. The molecule has 0 aliphatic carbocycles. The lowest BCUT2D eigenvalue weighted by molar-refractivity contribution is 0.969. The normalized spacial score (nSPS) is 10.3. The highest BCUT2D eigenvalue weighted by atomic mass is 79.9. The van der Waals surface area contributed by atoms with Crippen LogP contribution in [-0.4, -0.2) is 9.97 Å². The molecule has 0 fully saturated rings. The second kappa shape index (κ2) is 4.51. The highest BCUT2D eigenvalue weighted by Gasteiger charge is 2.05. The fourth-order valence-corrected chi connectivity index (χ4v) is 1.74. The standard InChI is InChI=1S/C11H10BrN3/c12-10-4-2-1-3-9(10)11-14-6-5-8(7-13)15-11/h1-6H,7,13H2. The summed E-state index contributed by atoms with van der Waals surface area (Å²) in [6, 6.07) is 9.67. The third kappa shape index (κ3) is 2.22. The number of halogens is 1. The van der Waals surface area contributed by atoms with E-state index in [0.29, 0.717) is 12.4 Å². The highest BCUT2D eigenvalue weighted by molar-refractivity contribution is 9.10. The van der Waals surface area contributed by atoms with Crippen molar-refractivity contribution in [3.8, 4) is 11.4 Å². The van der Waals surface area contributed by atoms with Gasteiger partial charge in [-0.3, -0.25) is 0 Å². The van der Waals surface area contributed by atoms with Crippen molar-refractivity contribution in [2.24, 2.45) is 5.73 Å². The quantitative estimate of drug-likeness (QED) is 0.905. The lowest BCUT2D eigenvalue weighted by Gasteiger charge is -2.03. The van der Waals surface area contributed by atoms with Crippen molar-refractivity contribution in [2.75, 3.05) is 0 Å². The summed E-state index contributed by atoms with van der Waals surface area (Å²) in [5.41, 5.74) is 7.36. The number of nitrogens with two attached hydrogens (primary N) is 1. The van der Waals surface area contributed by atoms with Crippen LogP contribution in [0.15, 0.2) is 41.0 Å². The number of nitrogens with zero attached hydrogens (tertiary/aromatic N) is 2. The van der Waals surface area contributed by atoms with Gasteiger partial charge in [-0.1, -0.05) is 34.1 Å². The first-order valence-corrected chi connectivity index (χ1v) is 5.37. The molecule has 0 aliphatic rings. The lowest BCUT2D eigenvalue weighted by Crippen LogP contribution is -2.01. The third-order valence-corrected chi connectivity index (χ3v) is 2.73. The van der Waals surface area contributed by atoms with Gasteiger partial charge in [-0.2, -0.15) is 0 Å². The monoisotopic (exact) mass is 263 g/mol. The van der Waals surface area contributed by atoms with Crippen LogP contribution < -0.4 is 5.73 Å². The van der Waals surface area contributed by atoms with Crippen LogP contribution in [0.25, 0.3) is 11.4 Å². The van der Waals surface area contributed by atoms with Gasteiger partial charge in [0.25, 0.3) is 0 Å². The highest BCUT2D eigenvalue weighted by Crippen LogP contribution is 2.24. The van der Waals surface area contributed by atoms with Gasteiger partial charge in [0, 0.05) is 22.8 Å². The first-order chi connectivity index (χ1) is 7.31. The van der Waals surface area contributed by atoms with Gasteiger partial charge in [0.05, 0.1) is 5.69 Å². The Morgan fingerprint density at radius 2 is 2.00 bits per heavy atom. The molecule has 15 heavy (non-hydrogen) atoms. The Hall–Kier alpha value is -1.26. The minimum absolute atomic E-state index is 0.431. The molecule has 2 rings (SSSR count). The van der Waals surface area contributed by atoms with Gasteiger partial charge in [0.15, 0.2) is 5.82 Å². The predicted octanol–water partition coefficient (Wildman–Crippen LogP) is 2.36. The molecule has 0 bridgehead atoms. The van der Waals surface area contributed by atoms with Crippen LogP contribution in [0, 0.1) is 0 Å². The molecule has 0 saturated carbocycles. The summed E-state index contributed by atoms with van der Waals surface area (Å²) < 4.78 is 0.985. The van der Waals surface area contributed by atoms with Gasteiger partial charge in [-0.25, -0.2) is 9.97 Å². The Labute approximate surface area is 96.5 Å². The Kier molecular flexibility index (Phi) is 3.08. The topological polar surface area (TPSA) is 51.8 Å². The van der Waals surface area contributed by atoms with Gasteiger partial charge in [0.2, 0.25) is 0 Å². The molecule has 1 aromatic heterocycles. The molecule has 0 saturated heterocycles. The molecule has 0 radical (unpaired) electrons. The van der Waals surface area contributed by atoms with E-state index in [0.717, 1.165) is 15.7 Å². The summed E-state index contributed by atoms with van der Waals surface area (Å²) in [4.78, 5) is 8.58. The van der Waals surface area contributed by atoms with Crippen molar-refractivity contribution >= 4 is 15.9 Å². The maximum atomic E-state index is 5.53. The average molecular weight is 264 g/mol. The smallest absolute Gasteiger partial charge is 0.160 e. The zero-order chi connectivity index (χ0) is 10.7. The van der Waals surface area contributed by atoms with Crippen LogP contribution in [0.4, 0.5) is 0 Å². The van der Waals surface area contributed by atoms with E-state index in [4.69, 9.17) is 5.73 Å². The van der Waals surface area contributed by atoms with Gasteiger partial charge >= 0.3 is 0 Å². The molecule has 3 nitrogen and oxygen atoms in total. The molecule has 1 heterocycles. The Morgan fingerprint density at radius 1 is 1.20 bits per heavy atom. The van der Waals surface area contributed by atoms with Gasteiger partial charge in [-0.15, -0.1) is 0 Å². The maximum Gasteiger partial charge on any atom is 0.160 e. The summed E-state index contributed by atoms with van der Waals surface area (Å²) in [5.74, 6) is 0.699. The molecule has 4 heteroatoms. The van der Waals surface area contributed by atoms with Crippen molar-refractivity contribution < 1.29 is 0 Å². The number of rotatable bonds is 2. The van der Waals surface area contributed by atoms with E-state index >= 15 is 0 Å². The molecule has 0 aliphatic heterocycles. The first-order valence-electron chi connectivity index (χ1n) is 4.58. The SMILES string of the molecule is NCc1ccnc(-c2ccccc2Br)n1. The third-order valence-electron chi connectivity index (χ3n) is 2.04. The van der Waals surface area contributed by atoms with Crippen LogP contribution in [-0.2, 0) is 6.54 Å². The molecule has 76 valence electrons. The zero-order valence-electron chi connectivity index (χ0n) is 8.02. The fraction of sp³-hybridized carbons (Fsp3) is 0.0909. The number of hydrogen-bond acceptors (Lipinski definition) is 3. The van der Waals surface area contributed by atoms with Crippen molar-refractivity contribution in [3.63, 3.8) is 0 Å². The Bertz CT molecular complexity index is 471. The summed E-state index contributed by atoms with van der Waals surface area (Å²) in [6.07, 6.45) is 1.73. The van der Waals surface area contributed by atoms with Crippen molar-refractivity contribution in [2.45, 2.75) is 6.54 Å². The van der Waals surface area contributed by atoms with E-state index < -0.39 is 0 Å². The van der Waals surface area contributed by atoms with E-state index in [2.05, 4.69) is 25.9 Å². The minimum Gasteiger partial charge on any atom is -0.325 e. The largest absolute Gasteiger partial charge is 0.325 e. The van der Waals surface area contributed by atoms with E-state index in [1.807, 2.05) is 30.3 Å². The molecule has 2 aromatic rings. The second-order valence-corrected chi connectivity index (χ2v) is 3.91. The van der Waals surface area contributed by atoms with Crippen molar-refractivity contribution in [3.05, 3.63) is 46.7 Å². The molecule has 0 amide bonds. The van der Waals surface area contributed by atoms with Crippen molar-refractivity contribution in [1.82, 2.24) is 9.97 Å². The molecule has 1 aromatic carbocycles. The van der Waals surface area contributed by atoms with Crippen LogP contribution in [0.2, 0.25) is 0 Å². The molecule has 0 atom stereocenters. The predicted molar refractivity (Wildman–Crippen MR) is 63.1 cm³/mol. The van der Waals surface area contributed by atoms with Crippen molar-refractivity contribution in [1.29, 1.82) is 0 Å². The lowest BCUT2D eigenvalue weighted by atomic mass is 10.2. The van der Waals surface area contributed by atoms with Gasteiger partial charge in [0.1, 0.15) is 0 Å². The summed E-state index contributed by atoms with van der Waals surface area (Å²) in [7, 11) is 0. The van der Waals surface area contributed by atoms with Gasteiger partial charge < -0.3 is 5.73 Å². The van der Waals surface area contributed by atoms with Crippen LogP contribution in [0.1, 0.15) is 5.69 Å². The Morgan fingerprint density at radius 3 is 2.73 bits per heavy atom. The van der Waals surface area contributed by atoms with Crippen LogP contribution in [0.5, 0.6) is 0 Å². The summed E-state index contributed by atoms with van der Waals surface area (Å²) in [6.45, 7) is 0.431. The first kappa shape index (κ1) is 10.3. The van der Waals surface area contributed by atoms with E-state index in [1.54, 1.807) is 6.20 Å². The molecular formula is C11H10BrN3. The average Bonchev–Trinajstić information content (AvgIpc) is 2.30. The maximum absolute atomic E-state index is 5.53. The Balaban J connectivity index is 2.49. The summed E-state index contributed by atoms with van der Waals surface area (Å²) in [5, 5.41) is 0. The van der Waals surface area contributed by atoms with Gasteiger partial charge in [-0.05, 0) is 12.1 Å². The second-order valence-electron chi connectivity index (χ2n) is 3.06.